The van der Waals surface area contributed by atoms with Crippen LogP contribution in [0.4, 0.5) is 0 Å². The molecular weight excluding hydrogens is 378 g/mol. The summed E-state index contributed by atoms with van der Waals surface area (Å²) in [6, 6.07) is 14.9. The van der Waals surface area contributed by atoms with Crippen molar-refractivity contribution in [2.45, 2.75) is 32.9 Å². The van der Waals surface area contributed by atoms with Gasteiger partial charge in [-0.25, -0.2) is 0 Å². The number of amides is 1. The Balaban J connectivity index is 1.63. The maximum atomic E-state index is 12.7. The number of hydrogen-bond acceptors (Lipinski definition) is 5. The van der Waals surface area contributed by atoms with Crippen LogP contribution in [-0.2, 0) is 17.8 Å². The lowest BCUT2D eigenvalue weighted by Crippen LogP contribution is -2.37. The van der Waals surface area contributed by atoms with Crippen LogP contribution in [0.3, 0.4) is 0 Å². The number of para-hydroxylation sites is 1. The first-order valence-corrected chi connectivity index (χ1v) is 9.43. The van der Waals surface area contributed by atoms with Gasteiger partial charge >= 0.3 is 0 Å². The Morgan fingerprint density at radius 1 is 1.21 bits per heavy atom. The third-order valence-electron chi connectivity index (χ3n) is 4.32. The standard InChI is InChI=1S/C21H22ClN3O3/c1-4-15-7-5-6-8-18(15)27-14(2)21(26)25(3)13-19-23-20(24-28-19)16-9-11-17(22)12-10-16/h5-12,14H,4,13H2,1-3H3/t14-/m1/s1. The molecule has 0 unspecified atom stereocenters. The normalized spacial score (nSPS) is 11.9. The summed E-state index contributed by atoms with van der Waals surface area (Å²) < 4.78 is 11.1. The molecule has 1 amide bonds. The number of nitrogens with zero attached hydrogens (tertiary/aromatic N) is 3. The molecule has 0 fully saturated rings. The molecule has 6 nitrogen and oxygen atoms in total. The van der Waals surface area contributed by atoms with Crippen LogP contribution >= 0.6 is 11.6 Å². The quantitative estimate of drug-likeness (QED) is 0.589. The molecule has 1 heterocycles. The Bertz CT molecular complexity index is 940. The zero-order chi connectivity index (χ0) is 20.1. The number of rotatable bonds is 7. The summed E-state index contributed by atoms with van der Waals surface area (Å²) in [5.41, 5.74) is 1.86. The Hall–Kier alpha value is -2.86. The molecule has 0 bridgehead atoms. The van der Waals surface area contributed by atoms with Crippen molar-refractivity contribution in [1.82, 2.24) is 15.0 Å². The largest absolute Gasteiger partial charge is 0.481 e. The molecule has 3 aromatic rings. The number of benzene rings is 2. The van der Waals surface area contributed by atoms with Gasteiger partial charge in [0.15, 0.2) is 6.10 Å². The molecule has 1 aromatic heterocycles. The van der Waals surface area contributed by atoms with Gasteiger partial charge < -0.3 is 14.2 Å². The first-order valence-electron chi connectivity index (χ1n) is 9.06. The second kappa shape index (κ2) is 8.89. The highest BCUT2D eigenvalue weighted by Gasteiger charge is 2.22. The van der Waals surface area contributed by atoms with Gasteiger partial charge in [-0.1, -0.05) is 41.9 Å². The molecule has 146 valence electrons. The molecular formula is C21H22ClN3O3. The van der Waals surface area contributed by atoms with E-state index >= 15 is 0 Å². The monoisotopic (exact) mass is 399 g/mol. The second-order valence-corrected chi connectivity index (χ2v) is 6.87. The van der Waals surface area contributed by atoms with E-state index in [1.807, 2.05) is 36.4 Å². The smallest absolute Gasteiger partial charge is 0.263 e. The fraction of sp³-hybridized carbons (Fsp3) is 0.286. The topological polar surface area (TPSA) is 68.5 Å². The number of aromatic nitrogens is 2. The van der Waals surface area contributed by atoms with Crippen molar-refractivity contribution in [3.63, 3.8) is 0 Å². The average molecular weight is 400 g/mol. The van der Waals surface area contributed by atoms with Gasteiger partial charge in [-0.2, -0.15) is 4.98 Å². The van der Waals surface area contributed by atoms with E-state index < -0.39 is 6.10 Å². The number of ether oxygens (including phenoxy) is 1. The van der Waals surface area contributed by atoms with Crippen molar-refractivity contribution in [3.05, 3.63) is 65.0 Å². The lowest BCUT2D eigenvalue weighted by atomic mass is 10.1. The lowest BCUT2D eigenvalue weighted by Gasteiger charge is -2.21. The summed E-state index contributed by atoms with van der Waals surface area (Å²) in [5.74, 6) is 1.36. The fourth-order valence-electron chi connectivity index (χ4n) is 2.78. The second-order valence-electron chi connectivity index (χ2n) is 6.43. The van der Waals surface area contributed by atoms with Gasteiger partial charge in [0.1, 0.15) is 5.75 Å². The number of hydrogen-bond donors (Lipinski definition) is 0. The van der Waals surface area contributed by atoms with Crippen LogP contribution in [0.5, 0.6) is 5.75 Å². The maximum absolute atomic E-state index is 12.7. The first kappa shape index (κ1) is 19.9. The Kier molecular flexibility index (Phi) is 6.31. The average Bonchev–Trinajstić information content (AvgIpc) is 3.16. The molecule has 0 saturated heterocycles. The van der Waals surface area contributed by atoms with E-state index in [0.29, 0.717) is 16.7 Å². The van der Waals surface area contributed by atoms with Gasteiger partial charge in [0, 0.05) is 17.6 Å². The summed E-state index contributed by atoms with van der Waals surface area (Å²) in [7, 11) is 1.68. The Labute approximate surface area is 169 Å². The zero-order valence-corrected chi connectivity index (χ0v) is 16.8. The van der Waals surface area contributed by atoms with E-state index in [0.717, 1.165) is 23.3 Å². The van der Waals surface area contributed by atoms with Crippen LogP contribution in [0.1, 0.15) is 25.3 Å². The molecule has 0 spiro atoms. The summed E-state index contributed by atoms with van der Waals surface area (Å²) in [6.45, 7) is 3.98. The van der Waals surface area contributed by atoms with Crippen LogP contribution in [0.15, 0.2) is 53.1 Å². The third-order valence-corrected chi connectivity index (χ3v) is 4.58. The van der Waals surface area contributed by atoms with Crippen molar-refractivity contribution >= 4 is 17.5 Å². The van der Waals surface area contributed by atoms with E-state index in [4.69, 9.17) is 20.9 Å². The van der Waals surface area contributed by atoms with Gasteiger partial charge in [-0.05, 0) is 49.2 Å². The molecule has 0 aliphatic carbocycles. The molecule has 1 atom stereocenters. The van der Waals surface area contributed by atoms with E-state index in [2.05, 4.69) is 17.1 Å². The van der Waals surface area contributed by atoms with Gasteiger partial charge in [0.2, 0.25) is 11.7 Å². The molecule has 0 aliphatic rings. The predicted octanol–water partition coefficient (Wildman–Crippen LogP) is 4.38. The van der Waals surface area contributed by atoms with Crippen molar-refractivity contribution in [2.24, 2.45) is 0 Å². The van der Waals surface area contributed by atoms with Crippen molar-refractivity contribution in [3.8, 4) is 17.1 Å². The number of halogens is 1. The summed E-state index contributed by atoms with van der Waals surface area (Å²) in [4.78, 5) is 18.5. The van der Waals surface area contributed by atoms with Gasteiger partial charge in [0.25, 0.3) is 5.91 Å². The van der Waals surface area contributed by atoms with E-state index in [9.17, 15) is 4.79 Å². The molecule has 28 heavy (non-hydrogen) atoms. The minimum atomic E-state index is -0.628. The number of carbonyl (C=O) groups is 1. The van der Waals surface area contributed by atoms with Crippen LogP contribution in [0.2, 0.25) is 5.02 Å². The van der Waals surface area contributed by atoms with Gasteiger partial charge in [-0.15, -0.1) is 0 Å². The highest BCUT2D eigenvalue weighted by Crippen LogP contribution is 2.21. The Morgan fingerprint density at radius 3 is 2.64 bits per heavy atom. The molecule has 0 saturated carbocycles. The van der Waals surface area contributed by atoms with Crippen molar-refractivity contribution < 1.29 is 14.1 Å². The minimum absolute atomic E-state index is 0.169. The lowest BCUT2D eigenvalue weighted by molar-refractivity contribution is -0.137. The predicted molar refractivity (Wildman–Crippen MR) is 107 cm³/mol. The van der Waals surface area contributed by atoms with E-state index in [1.165, 1.54) is 4.90 Å². The highest BCUT2D eigenvalue weighted by atomic mass is 35.5. The minimum Gasteiger partial charge on any atom is -0.481 e. The number of carbonyl (C=O) groups excluding carboxylic acids is 1. The van der Waals surface area contributed by atoms with Crippen LogP contribution in [0.25, 0.3) is 11.4 Å². The third kappa shape index (κ3) is 4.70. The number of aryl methyl sites for hydroxylation is 1. The summed E-state index contributed by atoms with van der Waals surface area (Å²) in [5, 5.41) is 4.60. The van der Waals surface area contributed by atoms with Crippen LogP contribution < -0.4 is 4.74 Å². The molecule has 0 N–H and O–H groups in total. The molecule has 7 heteroatoms. The zero-order valence-electron chi connectivity index (χ0n) is 16.1. The SMILES string of the molecule is CCc1ccccc1O[C@H](C)C(=O)N(C)Cc1nc(-c2ccc(Cl)cc2)no1. The Morgan fingerprint density at radius 2 is 1.93 bits per heavy atom. The fourth-order valence-corrected chi connectivity index (χ4v) is 2.90. The summed E-state index contributed by atoms with van der Waals surface area (Å²) in [6.07, 6.45) is 0.207. The highest BCUT2D eigenvalue weighted by molar-refractivity contribution is 6.30. The van der Waals surface area contributed by atoms with Crippen molar-refractivity contribution in [1.29, 1.82) is 0 Å². The molecule has 0 radical (unpaired) electrons. The van der Waals surface area contributed by atoms with Crippen LogP contribution in [0, 0.1) is 0 Å². The van der Waals surface area contributed by atoms with Gasteiger partial charge in [-0.3, -0.25) is 4.79 Å². The van der Waals surface area contributed by atoms with Crippen LogP contribution in [-0.4, -0.2) is 34.1 Å². The van der Waals surface area contributed by atoms with Crippen molar-refractivity contribution in [2.75, 3.05) is 7.05 Å². The maximum Gasteiger partial charge on any atom is 0.263 e. The summed E-state index contributed by atoms with van der Waals surface area (Å²) >= 11 is 5.89. The first-order chi connectivity index (χ1) is 13.5. The van der Waals surface area contributed by atoms with E-state index in [-0.39, 0.29) is 12.5 Å². The number of likely N-dealkylation sites (N-methyl/N-ethyl adjacent to an activating group) is 1. The molecule has 0 aliphatic heterocycles. The van der Waals surface area contributed by atoms with E-state index in [1.54, 1.807) is 26.1 Å². The molecule has 3 rings (SSSR count). The van der Waals surface area contributed by atoms with Gasteiger partial charge in [0.05, 0.1) is 6.54 Å². The molecule has 2 aromatic carbocycles.